The van der Waals surface area contributed by atoms with Crippen molar-refractivity contribution < 1.29 is 0 Å². The van der Waals surface area contributed by atoms with E-state index in [9.17, 15) is 0 Å². The highest BCUT2D eigenvalue weighted by Gasteiger charge is 2.20. The zero-order chi connectivity index (χ0) is 29.5. The molecule has 0 aliphatic heterocycles. The quantitative estimate of drug-likeness (QED) is 0.199. The molecule has 210 valence electrons. The lowest BCUT2D eigenvalue weighted by atomic mass is 9.97. The van der Waals surface area contributed by atoms with Crippen LogP contribution in [0.3, 0.4) is 0 Å². The fourth-order valence-electron chi connectivity index (χ4n) is 7.72. The van der Waals surface area contributed by atoms with E-state index in [0.717, 1.165) is 17.8 Å². The Balaban J connectivity index is 1.30. The Morgan fingerprint density at radius 2 is 0.778 bits per heavy atom. The van der Waals surface area contributed by atoms with Crippen molar-refractivity contribution in [2.45, 2.75) is 6.42 Å². The number of hydrogen-bond acceptors (Lipinski definition) is 0. The van der Waals surface area contributed by atoms with Crippen molar-refractivity contribution in [3.8, 4) is 33.6 Å². The second-order valence-corrected chi connectivity index (χ2v) is 12.2. The van der Waals surface area contributed by atoms with Crippen LogP contribution >= 0.6 is 0 Å². The van der Waals surface area contributed by atoms with E-state index in [-0.39, 0.29) is 0 Å². The van der Waals surface area contributed by atoms with E-state index in [1.807, 2.05) is 0 Å². The van der Waals surface area contributed by atoms with Crippen LogP contribution in [-0.2, 0) is 6.42 Å². The summed E-state index contributed by atoms with van der Waals surface area (Å²) in [5.41, 5.74) is 15.1. The monoisotopic (exact) mass is 572 g/mol. The first-order valence-corrected chi connectivity index (χ1v) is 15.7. The number of hydrogen-bond donors (Lipinski definition) is 0. The first-order valence-electron chi connectivity index (χ1n) is 15.7. The van der Waals surface area contributed by atoms with E-state index < -0.39 is 0 Å². The molecule has 0 unspecified atom stereocenters. The van der Waals surface area contributed by atoms with Crippen molar-refractivity contribution in [3.05, 3.63) is 169 Å². The molecule has 0 N–H and O–H groups in total. The van der Waals surface area contributed by atoms with E-state index in [0.29, 0.717) is 0 Å². The highest BCUT2D eigenvalue weighted by molar-refractivity contribution is 6.10. The lowest BCUT2D eigenvalue weighted by molar-refractivity contribution is 1.13. The number of rotatable bonds is 3. The molecular weight excluding hydrogens is 544 g/mol. The van der Waals surface area contributed by atoms with Gasteiger partial charge >= 0.3 is 0 Å². The van der Waals surface area contributed by atoms with Gasteiger partial charge in [0.25, 0.3) is 0 Å². The Labute approximate surface area is 261 Å². The normalized spacial score (nSPS) is 12.4. The van der Waals surface area contributed by atoms with Crippen LogP contribution in [0.1, 0.15) is 11.1 Å². The summed E-state index contributed by atoms with van der Waals surface area (Å²) in [4.78, 5) is 0. The Bertz CT molecular complexity index is 2390. The molecule has 2 heterocycles. The summed E-state index contributed by atoms with van der Waals surface area (Å²) in [5, 5.41) is 5.08. The minimum Gasteiger partial charge on any atom is -0.309 e. The summed E-state index contributed by atoms with van der Waals surface area (Å²) in [6, 6.07) is 58.1. The summed E-state index contributed by atoms with van der Waals surface area (Å²) < 4.78 is 4.88. The summed E-state index contributed by atoms with van der Waals surface area (Å²) >= 11 is 0. The molecule has 0 saturated carbocycles. The van der Waals surface area contributed by atoms with Gasteiger partial charge in [-0.25, -0.2) is 0 Å². The second kappa shape index (κ2) is 9.32. The van der Waals surface area contributed by atoms with Crippen molar-refractivity contribution in [1.29, 1.82) is 0 Å². The first-order chi connectivity index (χ1) is 22.3. The smallest absolute Gasteiger partial charge is 0.0541 e. The first kappa shape index (κ1) is 24.6. The summed E-state index contributed by atoms with van der Waals surface area (Å²) in [7, 11) is 0. The zero-order valence-corrected chi connectivity index (χ0v) is 24.6. The van der Waals surface area contributed by atoms with Gasteiger partial charge < -0.3 is 9.13 Å². The number of fused-ring (bicyclic) bond motifs is 9. The largest absolute Gasteiger partial charge is 0.309 e. The molecule has 10 rings (SSSR count). The Morgan fingerprint density at radius 1 is 0.333 bits per heavy atom. The Morgan fingerprint density at radius 3 is 1.31 bits per heavy atom. The van der Waals surface area contributed by atoms with Gasteiger partial charge in [0.05, 0.1) is 22.1 Å². The topological polar surface area (TPSA) is 9.86 Å². The van der Waals surface area contributed by atoms with E-state index in [4.69, 9.17) is 0 Å². The second-order valence-electron chi connectivity index (χ2n) is 12.2. The molecule has 0 saturated heterocycles. The molecule has 0 amide bonds. The maximum Gasteiger partial charge on any atom is 0.0541 e. The van der Waals surface area contributed by atoms with Crippen LogP contribution < -0.4 is 0 Å². The van der Waals surface area contributed by atoms with Crippen LogP contribution in [0.15, 0.2) is 158 Å². The van der Waals surface area contributed by atoms with Gasteiger partial charge in [-0.2, -0.15) is 0 Å². The van der Waals surface area contributed by atoms with E-state index >= 15 is 0 Å². The third-order valence-corrected chi connectivity index (χ3v) is 9.71. The van der Waals surface area contributed by atoms with Gasteiger partial charge in [-0.15, -0.1) is 0 Å². The highest BCUT2D eigenvalue weighted by Crippen LogP contribution is 2.41. The van der Waals surface area contributed by atoms with Gasteiger partial charge in [0.2, 0.25) is 0 Å². The van der Waals surface area contributed by atoms with Crippen LogP contribution in [0.5, 0.6) is 0 Å². The van der Waals surface area contributed by atoms with Gasteiger partial charge in [-0.1, -0.05) is 109 Å². The van der Waals surface area contributed by atoms with Crippen LogP contribution in [0, 0.1) is 0 Å². The number of nitrogens with zero attached hydrogens (tertiary/aromatic N) is 2. The third kappa shape index (κ3) is 3.57. The molecule has 2 nitrogen and oxygen atoms in total. The van der Waals surface area contributed by atoms with Crippen molar-refractivity contribution >= 4 is 43.6 Å². The molecule has 0 bridgehead atoms. The molecular formula is C43H28N2. The maximum absolute atomic E-state index is 2.44. The maximum atomic E-state index is 2.44. The van der Waals surface area contributed by atoms with Gasteiger partial charge in [0.1, 0.15) is 0 Å². The van der Waals surface area contributed by atoms with Crippen LogP contribution in [0.25, 0.3) is 77.2 Å². The summed E-state index contributed by atoms with van der Waals surface area (Å²) in [5.74, 6) is 0. The van der Waals surface area contributed by atoms with Crippen LogP contribution in [0.2, 0.25) is 0 Å². The van der Waals surface area contributed by atoms with Crippen molar-refractivity contribution in [1.82, 2.24) is 9.13 Å². The molecule has 2 aromatic heterocycles. The molecule has 0 atom stereocenters. The third-order valence-electron chi connectivity index (χ3n) is 9.71. The average molecular weight is 573 g/mol. The molecule has 2 heteroatoms. The summed E-state index contributed by atoms with van der Waals surface area (Å²) in [6.07, 6.45) is 1.000. The van der Waals surface area contributed by atoms with Gasteiger partial charge in [0, 0.05) is 32.9 Å². The number of benzene rings is 7. The lowest BCUT2D eigenvalue weighted by Crippen LogP contribution is -2.00. The fourth-order valence-corrected chi connectivity index (χ4v) is 7.72. The zero-order valence-electron chi connectivity index (χ0n) is 24.6. The van der Waals surface area contributed by atoms with Crippen molar-refractivity contribution in [2.24, 2.45) is 0 Å². The Kier molecular flexibility index (Phi) is 5.09. The van der Waals surface area contributed by atoms with Crippen LogP contribution in [-0.4, -0.2) is 9.13 Å². The summed E-state index contributed by atoms with van der Waals surface area (Å²) in [6.45, 7) is 0. The molecule has 1 aliphatic rings. The number of aromatic nitrogens is 2. The standard InChI is InChI=1S/C43H28N2/c1-2-12-34-29(11-1)23-30-22-21-28(26-39(30)34)31-24-32(44-40-17-7-3-13-35(40)36-14-4-8-18-41(36)44)27-33(25-31)45-42-19-9-5-15-37(42)38-16-6-10-20-43(38)45/h1-22,24-27H,23H2. The van der Waals surface area contributed by atoms with Crippen molar-refractivity contribution in [2.75, 3.05) is 0 Å². The minimum atomic E-state index is 1.000. The molecule has 45 heavy (non-hydrogen) atoms. The van der Waals surface area contributed by atoms with Crippen LogP contribution in [0.4, 0.5) is 0 Å². The van der Waals surface area contributed by atoms with Gasteiger partial charge in [-0.05, 0) is 88.3 Å². The van der Waals surface area contributed by atoms with E-state index in [1.54, 1.807) is 0 Å². The van der Waals surface area contributed by atoms with E-state index in [1.165, 1.54) is 77.0 Å². The van der Waals surface area contributed by atoms with E-state index in [2.05, 4.69) is 167 Å². The van der Waals surface area contributed by atoms with Gasteiger partial charge in [0.15, 0.2) is 0 Å². The van der Waals surface area contributed by atoms with Crippen molar-refractivity contribution in [3.63, 3.8) is 0 Å². The highest BCUT2D eigenvalue weighted by atomic mass is 15.0. The molecule has 0 radical (unpaired) electrons. The molecule has 0 spiro atoms. The fraction of sp³-hybridized carbons (Fsp3) is 0.0233. The molecule has 0 fully saturated rings. The lowest BCUT2D eigenvalue weighted by Gasteiger charge is -2.16. The predicted octanol–water partition coefficient (Wildman–Crippen LogP) is 11.1. The molecule has 7 aromatic carbocycles. The van der Waals surface area contributed by atoms with Gasteiger partial charge in [-0.3, -0.25) is 0 Å². The molecule has 9 aromatic rings. The Hall–Kier alpha value is -5.86. The molecule has 1 aliphatic carbocycles. The number of para-hydroxylation sites is 4. The minimum absolute atomic E-state index is 1.000. The predicted molar refractivity (Wildman–Crippen MR) is 189 cm³/mol. The average Bonchev–Trinajstić information content (AvgIpc) is 3.75. The SMILES string of the molecule is c1ccc2c(c1)Cc1ccc(-c3cc(-n4c5ccccc5c5ccccc54)cc(-n4c5ccccc5c5ccccc54)c3)cc1-2.